The number of rotatable bonds is 10. The number of hydrogen-bond acceptors (Lipinski definition) is 4. The van der Waals surface area contributed by atoms with E-state index in [-0.39, 0.29) is 5.97 Å². The standard InChI is InChI=1S/C16H22O4/c1-2-16(18)20-12-6-4-3-5-11-19-15-9-7-14(13-17)8-10-15/h2,7,9,13H,1,3-6,8,10-12H2. The topological polar surface area (TPSA) is 52.6 Å². The van der Waals surface area contributed by atoms with E-state index < -0.39 is 0 Å². The fraction of sp³-hybridized carbons (Fsp3) is 0.500. The van der Waals surface area contributed by atoms with E-state index in [9.17, 15) is 9.59 Å². The second kappa shape index (κ2) is 10.0. The van der Waals surface area contributed by atoms with Crippen molar-refractivity contribution < 1.29 is 19.1 Å². The summed E-state index contributed by atoms with van der Waals surface area (Å²) in [6.07, 6.45) is 11.3. The Morgan fingerprint density at radius 1 is 1.15 bits per heavy atom. The second-order valence-corrected chi connectivity index (χ2v) is 4.63. The molecule has 0 heterocycles. The predicted octanol–water partition coefficient (Wildman–Crippen LogP) is 3.10. The first-order valence-corrected chi connectivity index (χ1v) is 7.03. The normalized spacial score (nSPS) is 14.0. The third-order valence-corrected chi connectivity index (χ3v) is 3.03. The van der Waals surface area contributed by atoms with E-state index in [0.29, 0.717) is 13.2 Å². The largest absolute Gasteiger partial charge is 0.498 e. The van der Waals surface area contributed by atoms with Crippen LogP contribution in [0.5, 0.6) is 0 Å². The molecule has 0 saturated heterocycles. The van der Waals surface area contributed by atoms with Crippen LogP contribution in [0.15, 0.2) is 36.1 Å². The van der Waals surface area contributed by atoms with Crippen molar-refractivity contribution in [1.29, 1.82) is 0 Å². The van der Waals surface area contributed by atoms with E-state index in [1.165, 1.54) is 6.08 Å². The molecule has 0 bridgehead atoms. The average molecular weight is 278 g/mol. The van der Waals surface area contributed by atoms with Crippen LogP contribution < -0.4 is 0 Å². The van der Waals surface area contributed by atoms with Crippen molar-refractivity contribution in [3.63, 3.8) is 0 Å². The van der Waals surface area contributed by atoms with Crippen molar-refractivity contribution in [1.82, 2.24) is 0 Å². The summed E-state index contributed by atoms with van der Waals surface area (Å²) < 4.78 is 10.5. The Hall–Kier alpha value is -1.84. The van der Waals surface area contributed by atoms with Crippen LogP contribution in [0.25, 0.3) is 0 Å². The van der Waals surface area contributed by atoms with Crippen molar-refractivity contribution in [3.05, 3.63) is 36.1 Å². The number of allylic oxidation sites excluding steroid dienone is 4. The Balaban J connectivity index is 1.96. The number of carbonyl (C=O) groups excluding carboxylic acids is 2. The molecule has 4 heteroatoms. The maximum Gasteiger partial charge on any atom is 0.330 e. The summed E-state index contributed by atoms with van der Waals surface area (Å²) in [6, 6.07) is 0. The Morgan fingerprint density at radius 3 is 2.50 bits per heavy atom. The van der Waals surface area contributed by atoms with Gasteiger partial charge >= 0.3 is 5.97 Å². The van der Waals surface area contributed by atoms with E-state index in [2.05, 4.69) is 6.58 Å². The van der Waals surface area contributed by atoms with E-state index in [0.717, 1.165) is 56.1 Å². The molecular formula is C16H22O4. The lowest BCUT2D eigenvalue weighted by atomic mass is 10.1. The van der Waals surface area contributed by atoms with Gasteiger partial charge in [0.2, 0.25) is 0 Å². The molecule has 0 aromatic rings. The molecule has 0 aliphatic heterocycles. The third kappa shape index (κ3) is 6.92. The van der Waals surface area contributed by atoms with Crippen LogP contribution in [0, 0.1) is 0 Å². The first kappa shape index (κ1) is 16.2. The van der Waals surface area contributed by atoms with Crippen LogP contribution in [0.4, 0.5) is 0 Å². The highest BCUT2D eigenvalue weighted by atomic mass is 16.5. The van der Waals surface area contributed by atoms with Crippen molar-refractivity contribution in [2.24, 2.45) is 0 Å². The minimum absolute atomic E-state index is 0.361. The van der Waals surface area contributed by atoms with E-state index in [1.807, 2.05) is 12.2 Å². The second-order valence-electron chi connectivity index (χ2n) is 4.63. The quantitative estimate of drug-likeness (QED) is 0.267. The number of unbranched alkanes of at least 4 members (excludes halogenated alkanes) is 3. The molecule has 0 atom stereocenters. The lowest BCUT2D eigenvalue weighted by molar-refractivity contribution is -0.137. The Kier molecular flexibility index (Phi) is 8.11. The molecule has 4 nitrogen and oxygen atoms in total. The van der Waals surface area contributed by atoms with Crippen LogP contribution in [0.1, 0.15) is 38.5 Å². The predicted molar refractivity (Wildman–Crippen MR) is 77.0 cm³/mol. The summed E-state index contributed by atoms with van der Waals surface area (Å²) in [5, 5.41) is 0. The number of ether oxygens (including phenoxy) is 2. The Bertz CT molecular complexity index is 393. The Morgan fingerprint density at radius 2 is 1.90 bits per heavy atom. The summed E-state index contributed by atoms with van der Waals surface area (Å²) in [4.78, 5) is 21.3. The summed E-state index contributed by atoms with van der Waals surface area (Å²) in [6.45, 7) is 4.49. The highest BCUT2D eigenvalue weighted by Gasteiger charge is 2.06. The first-order valence-electron chi connectivity index (χ1n) is 7.03. The zero-order valence-electron chi connectivity index (χ0n) is 11.8. The maximum absolute atomic E-state index is 10.8. The van der Waals surface area contributed by atoms with Crippen LogP contribution in [0.3, 0.4) is 0 Å². The molecule has 0 N–H and O–H groups in total. The summed E-state index contributed by atoms with van der Waals surface area (Å²) >= 11 is 0. The summed E-state index contributed by atoms with van der Waals surface area (Å²) in [7, 11) is 0. The van der Waals surface area contributed by atoms with E-state index >= 15 is 0 Å². The van der Waals surface area contributed by atoms with Crippen LogP contribution in [0.2, 0.25) is 0 Å². The van der Waals surface area contributed by atoms with E-state index in [1.54, 1.807) is 0 Å². The molecule has 1 aliphatic carbocycles. The van der Waals surface area contributed by atoms with Crippen molar-refractivity contribution in [2.45, 2.75) is 38.5 Å². The monoisotopic (exact) mass is 278 g/mol. The van der Waals surface area contributed by atoms with Crippen LogP contribution in [-0.2, 0) is 19.1 Å². The number of hydrogen-bond donors (Lipinski definition) is 0. The average Bonchev–Trinajstić information content (AvgIpc) is 2.50. The first-order chi connectivity index (χ1) is 9.76. The van der Waals surface area contributed by atoms with Gasteiger partial charge in [-0.2, -0.15) is 0 Å². The lowest BCUT2D eigenvalue weighted by Gasteiger charge is -2.13. The van der Waals surface area contributed by atoms with Gasteiger partial charge in [-0.15, -0.1) is 0 Å². The van der Waals surface area contributed by atoms with Gasteiger partial charge in [0, 0.05) is 12.5 Å². The SMILES string of the molecule is C=CC(=O)OCCCCCCOC1=CC=C(C=O)CC1. The molecule has 0 saturated carbocycles. The molecule has 110 valence electrons. The van der Waals surface area contributed by atoms with Gasteiger partial charge < -0.3 is 9.47 Å². The van der Waals surface area contributed by atoms with Crippen molar-refractivity contribution in [3.8, 4) is 0 Å². The van der Waals surface area contributed by atoms with Crippen molar-refractivity contribution >= 4 is 12.3 Å². The molecule has 0 unspecified atom stereocenters. The third-order valence-electron chi connectivity index (χ3n) is 3.03. The minimum atomic E-state index is -0.361. The van der Waals surface area contributed by atoms with Gasteiger partial charge in [-0.1, -0.05) is 12.7 Å². The summed E-state index contributed by atoms with van der Waals surface area (Å²) in [5.41, 5.74) is 0.825. The Labute approximate surface area is 120 Å². The molecule has 0 spiro atoms. The van der Waals surface area contributed by atoms with Crippen LogP contribution in [-0.4, -0.2) is 25.5 Å². The van der Waals surface area contributed by atoms with Gasteiger partial charge in [0.1, 0.15) is 6.29 Å². The minimum Gasteiger partial charge on any atom is -0.498 e. The molecular weight excluding hydrogens is 256 g/mol. The van der Waals surface area contributed by atoms with Crippen molar-refractivity contribution in [2.75, 3.05) is 13.2 Å². The fourth-order valence-electron chi connectivity index (χ4n) is 1.85. The number of esters is 1. The van der Waals surface area contributed by atoms with Gasteiger partial charge in [-0.25, -0.2) is 4.79 Å². The number of carbonyl (C=O) groups is 2. The zero-order chi connectivity index (χ0) is 14.6. The molecule has 1 aliphatic rings. The molecule has 0 radical (unpaired) electrons. The van der Waals surface area contributed by atoms with Gasteiger partial charge in [-0.05, 0) is 43.8 Å². The van der Waals surface area contributed by atoms with Gasteiger partial charge in [-0.3, -0.25) is 4.79 Å². The zero-order valence-corrected chi connectivity index (χ0v) is 11.8. The molecule has 1 rings (SSSR count). The number of aldehydes is 1. The van der Waals surface area contributed by atoms with Gasteiger partial charge in [0.25, 0.3) is 0 Å². The molecule has 0 amide bonds. The molecule has 0 fully saturated rings. The fourth-order valence-corrected chi connectivity index (χ4v) is 1.85. The molecule has 20 heavy (non-hydrogen) atoms. The lowest BCUT2D eigenvalue weighted by Crippen LogP contribution is -2.02. The van der Waals surface area contributed by atoms with Gasteiger partial charge in [0.05, 0.1) is 19.0 Å². The molecule has 0 aromatic heterocycles. The van der Waals surface area contributed by atoms with E-state index in [4.69, 9.17) is 9.47 Å². The highest BCUT2D eigenvalue weighted by Crippen LogP contribution is 2.18. The summed E-state index contributed by atoms with van der Waals surface area (Å²) in [5.74, 6) is 0.593. The maximum atomic E-state index is 10.8. The van der Waals surface area contributed by atoms with Gasteiger partial charge in [0.15, 0.2) is 0 Å². The highest BCUT2D eigenvalue weighted by molar-refractivity contribution is 5.81. The van der Waals surface area contributed by atoms with Crippen LogP contribution >= 0.6 is 0 Å². The molecule has 0 aromatic carbocycles. The smallest absolute Gasteiger partial charge is 0.330 e.